The number of ether oxygens (including phenoxy) is 1. The zero-order valence-electron chi connectivity index (χ0n) is 16.5. The fourth-order valence-corrected chi connectivity index (χ4v) is 4.91. The van der Waals surface area contributed by atoms with Crippen LogP contribution in [0, 0.1) is 0 Å². The summed E-state index contributed by atoms with van der Waals surface area (Å²) in [6.45, 7) is 8.01. The van der Waals surface area contributed by atoms with Crippen LogP contribution in [0.1, 0.15) is 25.0 Å². The molecule has 0 spiro atoms. The van der Waals surface area contributed by atoms with Crippen molar-refractivity contribution in [1.29, 1.82) is 0 Å². The molecule has 29 heavy (non-hydrogen) atoms. The summed E-state index contributed by atoms with van der Waals surface area (Å²) in [5, 5.41) is 12.3. The second kappa shape index (κ2) is 8.92. The first-order chi connectivity index (χ1) is 13.8. The Labute approximate surface area is 184 Å². The molecule has 6 nitrogen and oxygen atoms in total. The minimum Gasteiger partial charge on any atom is -0.410 e. The lowest BCUT2D eigenvalue weighted by molar-refractivity contribution is 0.0970. The predicted molar refractivity (Wildman–Crippen MR) is 119 cm³/mol. The van der Waals surface area contributed by atoms with Gasteiger partial charge in [-0.1, -0.05) is 59.6 Å². The third-order valence-corrected chi connectivity index (χ3v) is 6.29. The van der Waals surface area contributed by atoms with Gasteiger partial charge in [0, 0.05) is 45.5 Å². The zero-order valence-corrected chi connectivity index (χ0v) is 18.8. The molecule has 156 valence electrons. The number of hydrogen-bond donors (Lipinski definition) is 2. The van der Waals surface area contributed by atoms with E-state index in [0.29, 0.717) is 39.5 Å². The van der Waals surface area contributed by atoms with Crippen LogP contribution in [0.15, 0.2) is 40.9 Å². The summed E-state index contributed by atoms with van der Waals surface area (Å²) in [5.41, 5.74) is 6.00. The Bertz CT molecular complexity index is 907. The summed E-state index contributed by atoms with van der Waals surface area (Å²) < 4.78 is 5.72. The molecule has 1 aliphatic rings. The van der Waals surface area contributed by atoms with E-state index < -0.39 is 11.7 Å². The fraction of sp³-hybridized carbons (Fsp3) is 0.381. The van der Waals surface area contributed by atoms with E-state index in [4.69, 9.17) is 22.1 Å². The number of amides is 1. The highest BCUT2D eigenvalue weighted by Crippen LogP contribution is 2.50. The molecule has 0 aromatic heterocycles. The summed E-state index contributed by atoms with van der Waals surface area (Å²) in [6, 6.07) is 10.7. The Morgan fingerprint density at radius 2 is 2.03 bits per heavy atom. The molecular weight excluding hydrogens is 458 g/mol. The number of rotatable bonds is 7. The number of likely N-dealkylation sites (N-methyl/N-ethyl adjacent to an activating group) is 1. The van der Waals surface area contributed by atoms with Crippen molar-refractivity contribution in [2.45, 2.75) is 19.4 Å². The second-order valence-electron chi connectivity index (χ2n) is 7.01. The van der Waals surface area contributed by atoms with Crippen LogP contribution in [-0.2, 0) is 5.60 Å². The number of hydrogen-bond acceptors (Lipinski definition) is 5. The number of fused-ring (bicyclic) bond motifs is 1. The monoisotopic (exact) mass is 481 g/mol. The van der Waals surface area contributed by atoms with Gasteiger partial charge in [-0.15, -0.1) is 0 Å². The van der Waals surface area contributed by atoms with Gasteiger partial charge in [-0.3, -0.25) is 0 Å². The molecule has 1 aliphatic heterocycles. The van der Waals surface area contributed by atoms with Crippen molar-refractivity contribution in [2.24, 2.45) is 5.73 Å². The SMILES string of the molecule is CCN(CC)CCN1CC(O)(c2ccccc2Cl)c2c(Br)cc(OC(N)=O)cc21. The van der Waals surface area contributed by atoms with Crippen molar-refractivity contribution in [3.05, 3.63) is 57.0 Å². The van der Waals surface area contributed by atoms with Crippen LogP contribution < -0.4 is 15.4 Å². The summed E-state index contributed by atoms with van der Waals surface area (Å²) in [6.07, 6.45) is -0.883. The molecule has 0 radical (unpaired) electrons. The molecule has 1 amide bonds. The van der Waals surface area contributed by atoms with Gasteiger partial charge in [-0.05, 0) is 25.2 Å². The van der Waals surface area contributed by atoms with Crippen LogP contribution in [0.25, 0.3) is 0 Å². The van der Waals surface area contributed by atoms with Gasteiger partial charge in [-0.25, -0.2) is 4.79 Å². The summed E-state index contributed by atoms with van der Waals surface area (Å²) >= 11 is 9.99. The van der Waals surface area contributed by atoms with Crippen LogP contribution in [0.5, 0.6) is 5.75 Å². The largest absolute Gasteiger partial charge is 0.410 e. The first kappa shape index (κ1) is 21.9. The molecule has 2 aromatic carbocycles. The van der Waals surface area contributed by atoms with Gasteiger partial charge in [0.2, 0.25) is 0 Å². The van der Waals surface area contributed by atoms with Gasteiger partial charge in [0.15, 0.2) is 0 Å². The molecule has 0 saturated heterocycles. The van der Waals surface area contributed by atoms with Crippen molar-refractivity contribution >= 4 is 39.3 Å². The number of benzene rings is 2. The van der Waals surface area contributed by atoms with Crippen molar-refractivity contribution in [2.75, 3.05) is 37.6 Å². The molecule has 1 heterocycles. The smallest absolute Gasteiger partial charge is 0.409 e. The molecule has 0 fully saturated rings. The Morgan fingerprint density at radius 1 is 1.34 bits per heavy atom. The number of carbonyl (C=O) groups excluding carboxylic acids is 1. The number of β-amino-alcohol motifs (C(OH)–C–C–N with tert-alkyl or cyclic N) is 1. The number of halogens is 2. The molecular formula is C21H25BrClN3O3. The molecule has 0 aliphatic carbocycles. The van der Waals surface area contributed by atoms with Crippen LogP contribution in [0.4, 0.5) is 10.5 Å². The molecule has 2 aromatic rings. The van der Waals surface area contributed by atoms with Gasteiger partial charge in [0.25, 0.3) is 0 Å². The lowest BCUT2D eigenvalue weighted by Gasteiger charge is -2.28. The van der Waals surface area contributed by atoms with Gasteiger partial charge in [-0.2, -0.15) is 0 Å². The number of primary amides is 1. The topological polar surface area (TPSA) is 79.0 Å². The first-order valence-corrected chi connectivity index (χ1v) is 10.7. The van der Waals surface area contributed by atoms with Gasteiger partial charge in [0.1, 0.15) is 11.4 Å². The predicted octanol–water partition coefficient (Wildman–Crippen LogP) is 3.96. The molecule has 1 unspecified atom stereocenters. The van der Waals surface area contributed by atoms with E-state index in [1.807, 2.05) is 18.2 Å². The fourth-order valence-electron chi connectivity index (χ4n) is 3.86. The third kappa shape index (κ3) is 4.38. The van der Waals surface area contributed by atoms with Crippen molar-refractivity contribution < 1.29 is 14.6 Å². The van der Waals surface area contributed by atoms with E-state index in [0.717, 1.165) is 25.3 Å². The number of nitrogens with zero attached hydrogens (tertiary/aromatic N) is 2. The summed E-state index contributed by atoms with van der Waals surface area (Å²) in [7, 11) is 0. The molecule has 0 saturated carbocycles. The Hall–Kier alpha value is -1.80. The minimum absolute atomic E-state index is 0.319. The molecule has 3 rings (SSSR count). The van der Waals surface area contributed by atoms with E-state index >= 15 is 0 Å². The van der Waals surface area contributed by atoms with Crippen LogP contribution >= 0.6 is 27.5 Å². The number of anilines is 1. The third-order valence-electron chi connectivity index (χ3n) is 5.34. The van der Waals surface area contributed by atoms with E-state index in [2.05, 4.69) is 39.6 Å². The van der Waals surface area contributed by atoms with E-state index in [1.54, 1.807) is 18.2 Å². The van der Waals surface area contributed by atoms with Crippen LogP contribution in [-0.4, -0.2) is 48.8 Å². The highest BCUT2D eigenvalue weighted by Gasteiger charge is 2.45. The highest BCUT2D eigenvalue weighted by atomic mass is 79.9. The second-order valence-corrected chi connectivity index (χ2v) is 8.27. The average molecular weight is 483 g/mol. The first-order valence-electron chi connectivity index (χ1n) is 9.56. The summed E-state index contributed by atoms with van der Waals surface area (Å²) in [5.74, 6) is 0.319. The van der Waals surface area contributed by atoms with Crippen molar-refractivity contribution in [3.8, 4) is 5.75 Å². The van der Waals surface area contributed by atoms with Gasteiger partial charge in [0.05, 0.1) is 6.54 Å². The lowest BCUT2D eigenvalue weighted by atomic mass is 9.88. The van der Waals surface area contributed by atoms with E-state index in [1.165, 1.54) is 0 Å². The van der Waals surface area contributed by atoms with Gasteiger partial charge >= 0.3 is 6.09 Å². The quantitative estimate of drug-likeness (QED) is 0.624. The summed E-state index contributed by atoms with van der Waals surface area (Å²) in [4.78, 5) is 15.6. The van der Waals surface area contributed by atoms with Crippen molar-refractivity contribution in [1.82, 2.24) is 4.90 Å². The maximum atomic E-state index is 11.8. The number of nitrogens with two attached hydrogens (primary N) is 1. The Morgan fingerprint density at radius 3 is 2.66 bits per heavy atom. The van der Waals surface area contributed by atoms with Crippen LogP contribution in [0.2, 0.25) is 5.02 Å². The van der Waals surface area contributed by atoms with Crippen molar-refractivity contribution in [3.63, 3.8) is 0 Å². The number of carbonyl (C=O) groups is 1. The average Bonchev–Trinajstić information content (AvgIpc) is 2.95. The Kier molecular flexibility index (Phi) is 6.73. The maximum Gasteiger partial charge on any atom is 0.409 e. The molecule has 0 bridgehead atoms. The maximum absolute atomic E-state index is 11.8. The molecule has 3 N–H and O–H groups in total. The molecule has 1 atom stereocenters. The van der Waals surface area contributed by atoms with E-state index in [-0.39, 0.29) is 0 Å². The molecule has 8 heteroatoms. The zero-order chi connectivity index (χ0) is 21.2. The normalized spacial score (nSPS) is 18.2. The van der Waals surface area contributed by atoms with Crippen LogP contribution in [0.3, 0.4) is 0 Å². The Balaban J connectivity index is 2.07. The number of aliphatic hydroxyl groups is 1. The standard InChI is InChI=1S/C21H25BrClN3O3/c1-3-25(4-2)9-10-26-13-21(28,15-7-5-6-8-17(15)23)19-16(22)11-14(12-18(19)26)29-20(24)27/h5-8,11-12,28H,3-4,9-10,13H2,1-2H3,(H2,24,27). The van der Waals surface area contributed by atoms with Gasteiger partial charge < -0.3 is 25.4 Å². The highest BCUT2D eigenvalue weighted by molar-refractivity contribution is 9.10. The lowest BCUT2D eigenvalue weighted by Crippen LogP contribution is -2.39. The minimum atomic E-state index is -1.30. The van der Waals surface area contributed by atoms with E-state index in [9.17, 15) is 9.90 Å².